The molecular weight excluding hydrogens is 1190 g/mol. The van der Waals surface area contributed by atoms with Gasteiger partial charge in [0.2, 0.25) is 0 Å². The maximum atomic E-state index is 8.31. The minimum Gasteiger partial charge on any atom is -0.497 e. The smallest absolute Gasteiger partial charge is 0.160 e. The second kappa shape index (κ2) is 85.6. The van der Waals surface area contributed by atoms with E-state index in [9.17, 15) is 0 Å². The van der Waals surface area contributed by atoms with Crippen LogP contribution in [0.15, 0.2) is 66.7 Å². The summed E-state index contributed by atoms with van der Waals surface area (Å²) in [6.45, 7) is 15.0. The number of benzene rings is 3. The third-order valence-corrected chi connectivity index (χ3v) is 9.07. The van der Waals surface area contributed by atoms with E-state index in [2.05, 4.69) is 0 Å². The minimum absolute atomic E-state index is 0.0486. The largest absolute Gasteiger partial charge is 0.497 e. The van der Waals surface area contributed by atoms with Gasteiger partial charge in [0.25, 0.3) is 0 Å². The number of para-hydroxylation sites is 1. The standard InChI is InChI=1S/2C10H15NO2.C8H11NO.C4H11NO2.2C4H11NO.2C3H9NO2.4C3H9NO.C2H7NO/c1-12-9-3-4-10(13-2)8(7-9)5-6-11;1-12-9-4-3-8(5-6-11)7-10(9)13-2;9-6-7-10-8-4-2-1-3-5-8;1-4(5,2-6)3-7;1-4(2,5)3-6;5-3-1-2-4-6;4-3(1-5)2-6;4-1-3(6)2-5;1-3(4)2-5;2*1-3(5)2-4;4-2-1-3-5;3-1-2-4/h2*3-4,7H,5-6,11H2,1-2H3;1-5H,6-7,9H2;6-7H,2-3,5H2,1H3;6H,3,5H2,1-2H3;6H,1-5H2;2*3,5-6H,1-2,4H2;3*3,5H,2,4H2,1H3;5H,1-4H2;4H,1-3H2/t;;;;;;;;3*3-;;/m........010../s1. The van der Waals surface area contributed by atoms with E-state index in [0.29, 0.717) is 59.0 Å². The highest BCUT2D eigenvalue weighted by molar-refractivity contribution is 5.43. The first-order valence-corrected chi connectivity index (χ1v) is 29.5. The molecule has 0 fully saturated rings. The Morgan fingerprint density at radius 2 is 0.868 bits per heavy atom. The van der Waals surface area contributed by atoms with Gasteiger partial charge in [-0.15, -0.1) is 0 Å². The molecule has 3 rings (SSSR count). The summed E-state index contributed by atoms with van der Waals surface area (Å²) in [7, 11) is 6.56. The van der Waals surface area contributed by atoms with Crippen molar-refractivity contribution in [3.8, 4) is 28.7 Å². The monoisotopic (exact) mass is 1330 g/mol. The van der Waals surface area contributed by atoms with Crippen LogP contribution in [0.4, 0.5) is 0 Å². The molecule has 3 aromatic rings. The maximum absolute atomic E-state index is 8.31. The molecule has 0 aliphatic carbocycles. The van der Waals surface area contributed by atoms with Gasteiger partial charge in [-0.05, 0) is 153 Å². The SMILES string of the molecule is CC(C)(N)CO.CC(N)(CO)CO.COc1ccc(CCN)cc1OC.COc1ccc(OC)c(CCN)c1.C[C@@H](O)CN.C[C@H](N)CO.C[C@H](O)CN.NC(CO)CO.NCC(O)CO.NCCCCO.NCCCO.NCCO.NCCOc1ccccc1. The molecule has 31 nitrogen and oxygen atoms in total. The minimum atomic E-state index is -0.806. The summed E-state index contributed by atoms with van der Waals surface area (Å²) in [6.07, 6.45) is 2.77. The molecule has 91 heavy (non-hydrogen) atoms. The highest BCUT2D eigenvalue weighted by atomic mass is 16.5. The molecule has 0 aliphatic heterocycles. The van der Waals surface area contributed by atoms with Crippen molar-refractivity contribution in [3.63, 3.8) is 0 Å². The van der Waals surface area contributed by atoms with Gasteiger partial charge < -0.3 is 165 Å². The van der Waals surface area contributed by atoms with Crippen molar-refractivity contribution in [3.05, 3.63) is 77.9 Å². The van der Waals surface area contributed by atoms with E-state index in [1.165, 1.54) is 5.56 Å². The number of methoxy groups -OCH3 is 4. The van der Waals surface area contributed by atoms with Gasteiger partial charge in [-0.25, -0.2) is 0 Å². The van der Waals surface area contributed by atoms with Crippen molar-refractivity contribution in [2.45, 2.75) is 115 Å². The lowest BCUT2D eigenvalue weighted by Gasteiger charge is -2.16. The molecule has 0 heterocycles. The van der Waals surface area contributed by atoms with Crippen LogP contribution >= 0.6 is 0 Å². The highest BCUT2D eigenvalue weighted by Gasteiger charge is 2.13. The van der Waals surface area contributed by atoms with Crippen molar-refractivity contribution in [1.82, 2.24) is 0 Å². The Morgan fingerprint density at radius 1 is 0.440 bits per heavy atom. The normalized spacial score (nSPS) is 11.0. The number of ether oxygens (including phenoxy) is 5. The predicted molar refractivity (Wildman–Crippen MR) is 366 cm³/mol. The molecule has 31 heteroatoms. The van der Waals surface area contributed by atoms with Crippen LogP contribution in [0.5, 0.6) is 28.7 Å². The van der Waals surface area contributed by atoms with Crippen molar-refractivity contribution < 1.29 is 90.1 Å². The van der Waals surface area contributed by atoms with E-state index in [4.69, 9.17) is 165 Å². The molecule has 1 unspecified atom stereocenters. The maximum Gasteiger partial charge on any atom is 0.160 e. The second-order valence-electron chi connectivity index (χ2n) is 19.6. The molecule has 0 amide bonds. The number of unbranched alkanes of at least 4 members (excludes halogenated alkanes) is 1. The first-order valence-electron chi connectivity index (χ1n) is 29.5. The Morgan fingerprint density at radius 3 is 1.10 bits per heavy atom. The number of hydrogen-bond acceptors (Lipinski definition) is 31. The van der Waals surface area contributed by atoms with Crippen molar-refractivity contribution in [2.75, 3.05) is 160 Å². The summed E-state index contributed by atoms with van der Waals surface area (Å²) >= 11 is 0. The van der Waals surface area contributed by atoms with Crippen LogP contribution in [0, 0.1) is 0 Å². The summed E-state index contributed by atoms with van der Waals surface area (Å²) in [6, 6.07) is 20.7. The van der Waals surface area contributed by atoms with Crippen LogP contribution in [0.3, 0.4) is 0 Å². The zero-order valence-electron chi connectivity index (χ0n) is 56.8. The fourth-order valence-electron chi connectivity index (χ4n) is 3.66. The first kappa shape index (κ1) is 108. The fourth-order valence-corrected chi connectivity index (χ4v) is 3.66. The average Bonchev–Trinajstić information content (AvgIpc) is 3.73. The third kappa shape index (κ3) is 102. The summed E-state index contributed by atoms with van der Waals surface area (Å²) in [5.41, 5.74) is 67.3. The van der Waals surface area contributed by atoms with Gasteiger partial charge >= 0.3 is 0 Å². The van der Waals surface area contributed by atoms with Crippen molar-refractivity contribution >= 4 is 0 Å². The Balaban J connectivity index is -0.0000000996. The Labute approximate surface area is 544 Å². The highest BCUT2D eigenvalue weighted by Crippen LogP contribution is 2.27. The quantitative estimate of drug-likeness (QED) is 0.0317. The molecule has 39 N–H and O–H groups in total. The molecule has 3 aromatic carbocycles. The molecule has 0 aliphatic rings. The Bertz CT molecular complexity index is 1730. The Hall–Kier alpha value is -4.38. The van der Waals surface area contributed by atoms with E-state index < -0.39 is 23.2 Å². The lowest BCUT2D eigenvalue weighted by Crippen LogP contribution is -2.43. The number of hydrogen-bond donors (Lipinski definition) is 26. The molecule has 0 saturated heterocycles. The van der Waals surface area contributed by atoms with Crippen LogP contribution in [-0.4, -0.2) is 268 Å². The molecule has 0 spiro atoms. The van der Waals surface area contributed by atoms with Crippen LogP contribution in [0.2, 0.25) is 0 Å². The molecule has 548 valence electrons. The zero-order chi connectivity index (χ0) is 72.9. The van der Waals surface area contributed by atoms with Crippen LogP contribution in [0.25, 0.3) is 0 Å². The van der Waals surface area contributed by atoms with E-state index >= 15 is 0 Å². The van der Waals surface area contributed by atoms with Gasteiger partial charge in [-0.1, -0.05) is 24.3 Å². The molecular formula is C60H135N13O18. The molecule has 0 aromatic heterocycles. The van der Waals surface area contributed by atoms with E-state index in [1.807, 2.05) is 66.7 Å². The lowest BCUT2D eigenvalue weighted by molar-refractivity contribution is 0.102. The topological polar surface area (TPSA) is 647 Å². The van der Waals surface area contributed by atoms with Crippen molar-refractivity contribution in [2.24, 2.45) is 74.5 Å². The molecule has 0 saturated carbocycles. The van der Waals surface area contributed by atoms with Crippen molar-refractivity contribution in [1.29, 1.82) is 0 Å². The van der Waals surface area contributed by atoms with Gasteiger partial charge in [0.1, 0.15) is 23.9 Å². The summed E-state index contributed by atoms with van der Waals surface area (Å²) in [5, 5.41) is 106. The third-order valence-electron chi connectivity index (χ3n) is 9.07. The van der Waals surface area contributed by atoms with Gasteiger partial charge in [0.15, 0.2) is 11.5 Å². The van der Waals surface area contributed by atoms with E-state index in [1.54, 1.807) is 70.0 Å². The van der Waals surface area contributed by atoms with Gasteiger partial charge in [0, 0.05) is 57.5 Å². The summed E-state index contributed by atoms with van der Waals surface area (Å²) in [4.78, 5) is 0. The first-order chi connectivity index (χ1) is 42.9. The zero-order valence-corrected chi connectivity index (χ0v) is 56.8. The number of nitrogens with two attached hydrogens (primary N) is 13. The number of aliphatic hydroxyl groups excluding tert-OH is 13. The van der Waals surface area contributed by atoms with Gasteiger partial charge in [0.05, 0.1) is 111 Å². The van der Waals surface area contributed by atoms with E-state index in [-0.39, 0.29) is 90.9 Å². The van der Waals surface area contributed by atoms with Crippen LogP contribution in [0.1, 0.15) is 71.9 Å². The predicted octanol–water partition coefficient (Wildman–Crippen LogP) is -5.60. The van der Waals surface area contributed by atoms with E-state index in [0.717, 1.165) is 66.4 Å². The molecule has 0 bridgehead atoms. The summed E-state index contributed by atoms with van der Waals surface area (Å²) in [5.74, 6) is 4.10. The average molecular weight is 1330 g/mol. The van der Waals surface area contributed by atoms with Crippen LogP contribution < -0.4 is 98.2 Å². The second-order valence-corrected chi connectivity index (χ2v) is 19.6. The van der Waals surface area contributed by atoms with Gasteiger partial charge in [-0.2, -0.15) is 0 Å². The lowest BCUT2D eigenvalue weighted by atomic mass is 10.1. The van der Waals surface area contributed by atoms with Crippen LogP contribution in [-0.2, 0) is 12.8 Å². The fraction of sp³-hybridized carbons (Fsp3) is 0.700. The Kier molecular flexibility index (Phi) is 102. The number of aliphatic hydroxyl groups is 13. The number of rotatable bonds is 27. The molecule has 0 radical (unpaired) electrons. The molecule has 4 atom stereocenters. The van der Waals surface area contributed by atoms with Gasteiger partial charge in [-0.3, -0.25) is 0 Å². The summed E-state index contributed by atoms with van der Waals surface area (Å²) < 4.78 is 25.8.